The molecule has 1 amide bonds. The number of carbonyl (C=O) groups is 1. The van der Waals surface area contributed by atoms with E-state index < -0.39 is 6.04 Å². The van der Waals surface area contributed by atoms with Gasteiger partial charge in [0.1, 0.15) is 0 Å². The third-order valence-corrected chi connectivity index (χ3v) is 3.14. The third-order valence-electron chi connectivity index (χ3n) is 2.81. The Hall–Kier alpha value is -1.84. The molecule has 0 aliphatic heterocycles. The topological polar surface area (TPSA) is 49.3 Å². The first-order valence-electron chi connectivity index (χ1n) is 5.93. The maximum absolute atomic E-state index is 12.1. The summed E-state index contributed by atoms with van der Waals surface area (Å²) in [6, 6.07) is 15.7. The molecular weight excluding hydrogens is 262 g/mol. The molecule has 0 saturated carbocycles. The minimum absolute atomic E-state index is 0.166. The Bertz CT molecular complexity index is 557. The number of rotatable bonds is 4. The minimum Gasteiger partial charge on any atom is -0.394 e. The zero-order valence-electron chi connectivity index (χ0n) is 10.2. The van der Waals surface area contributed by atoms with Gasteiger partial charge in [-0.15, -0.1) is 0 Å². The number of benzene rings is 2. The second-order valence-corrected chi connectivity index (χ2v) is 4.51. The number of amides is 1. The monoisotopic (exact) mass is 275 g/mol. The van der Waals surface area contributed by atoms with Crippen molar-refractivity contribution in [1.82, 2.24) is 5.32 Å². The summed E-state index contributed by atoms with van der Waals surface area (Å²) in [5, 5.41) is 12.6. The van der Waals surface area contributed by atoms with E-state index in [9.17, 15) is 9.90 Å². The number of carbonyl (C=O) groups excluding carboxylic acids is 1. The first kappa shape index (κ1) is 13.6. The number of aliphatic hydroxyl groups is 1. The molecule has 0 heterocycles. The van der Waals surface area contributed by atoms with Crippen molar-refractivity contribution in [3.8, 4) is 0 Å². The number of aliphatic hydroxyl groups excluding tert-OH is 1. The van der Waals surface area contributed by atoms with Crippen molar-refractivity contribution in [2.45, 2.75) is 6.04 Å². The number of hydrogen-bond donors (Lipinski definition) is 2. The molecule has 0 spiro atoms. The molecule has 2 N–H and O–H groups in total. The summed E-state index contributed by atoms with van der Waals surface area (Å²) in [5.41, 5.74) is 1.25. The van der Waals surface area contributed by atoms with Crippen LogP contribution in [0.5, 0.6) is 0 Å². The third kappa shape index (κ3) is 3.34. The van der Waals surface area contributed by atoms with Crippen LogP contribution in [0.4, 0.5) is 0 Å². The highest BCUT2D eigenvalue weighted by Crippen LogP contribution is 2.17. The summed E-state index contributed by atoms with van der Waals surface area (Å²) in [6.45, 7) is -0.166. The lowest BCUT2D eigenvalue weighted by atomic mass is 10.1. The van der Waals surface area contributed by atoms with Gasteiger partial charge in [-0.3, -0.25) is 4.79 Å². The van der Waals surface area contributed by atoms with Gasteiger partial charge < -0.3 is 10.4 Å². The Morgan fingerprint density at radius 3 is 2.37 bits per heavy atom. The first-order chi connectivity index (χ1) is 9.22. The fourth-order valence-electron chi connectivity index (χ4n) is 1.80. The first-order valence-corrected chi connectivity index (χ1v) is 6.31. The van der Waals surface area contributed by atoms with Gasteiger partial charge in [-0.25, -0.2) is 0 Å². The largest absolute Gasteiger partial charge is 0.394 e. The van der Waals surface area contributed by atoms with Crippen molar-refractivity contribution < 1.29 is 9.90 Å². The van der Waals surface area contributed by atoms with Crippen LogP contribution in [0.25, 0.3) is 0 Å². The van der Waals surface area contributed by atoms with E-state index in [0.717, 1.165) is 5.56 Å². The highest BCUT2D eigenvalue weighted by atomic mass is 35.5. The highest BCUT2D eigenvalue weighted by Gasteiger charge is 2.16. The van der Waals surface area contributed by atoms with E-state index in [0.29, 0.717) is 10.6 Å². The Labute approximate surface area is 116 Å². The van der Waals surface area contributed by atoms with Crippen LogP contribution in [0.15, 0.2) is 54.6 Å². The fourth-order valence-corrected chi connectivity index (χ4v) is 2.02. The second kappa shape index (κ2) is 6.36. The maximum Gasteiger partial charge on any atom is 0.253 e. The predicted molar refractivity (Wildman–Crippen MR) is 75.2 cm³/mol. The summed E-state index contributed by atoms with van der Waals surface area (Å²) in [5.74, 6) is -0.298. The molecule has 0 aliphatic carbocycles. The molecule has 0 unspecified atom stereocenters. The Morgan fingerprint density at radius 1 is 1.11 bits per heavy atom. The number of nitrogens with one attached hydrogen (secondary N) is 1. The molecule has 1 atom stereocenters. The van der Waals surface area contributed by atoms with E-state index in [1.165, 1.54) is 0 Å². The van der Waals surface area contributed by atoms with Gasteiger partial charge in [0.15, 0.2) is 0 Å². The molecule has 2 rings (SSSR count). The van der Waals surface area contributed by atoms with Crippen molar-refractivity contribution in [1.29, 1.82) is 0 Å². The molecule has 2 aromatic carbocycles. The molecule has 0 fully saturated rings. The maximum atomic E-state index is 12.1. The molecule has 0 radical (unpaired) electrons. The molecule has 98 valence electrons. The standard InChI is InChI=1S/C15H14ClNO2/c16-13-9-5-4-8-12(13)15(19)17-14(10-18)11-6-2-1-3-7-11/h1-9,14,18H,10H2,(H,17,19)/t14-/m1/s1. The van der Waals surface area contributed by atoms with E-state index in [4.69, 9.17) is 11.6 Å². The van der Waals surface area contributed by atoms with Crippen LogP contribution in [0.1, 0.15) is 22.0 Å². The van der Waals surface area contributed by atoms with Crippen LogP contribution in [0, 0.1) is 0 Å². The van der Waals surface area contributed by atoms with Crippen molar-refractivity contribution >= 4 is 17.5 Å². The Kier molecular flexibility index (Phi) is 4.55. The SMILES string of the molecule is O=C(N[C@H](CO)c1ccccc1)c1ccccc1Cl. The quantitative estimate of drug-likeness (QED) is 0.901. The summed E-state index contributed by atoms with van der Waals surface area (Å²) in [7, 11) is 0. The van der Waals surface area contributed by atoms with Gasteiger partial charge in [0.25, 0.3) is 5.91 Å². The average molecular weight is 276 g/mol. The second-order valence-electron chi connectivity index (χ2n) is 4.10. The normalized spacial score (nSPS) is 11.9. The van der Waals surface area contributed by atoms with Crippen LogP contribution in [0.3, 0.4) is 0 Å². The van der Waals surface area contributed by atoms with Gasteiger partial charge in [0.2, 0.25) is 0 Å². The van der Waals surface area contributed by atoms with Gasteiger partial charge in [-0.1, -0.05) is 54.1 Å². The number of halogens is 1. The zero-order valence-corrected chi connectivity index (χ0v) is 11.0. The van der Waals surface area contributed by atoms with Crippen LogP contribution in [-0.2, 0) is 0 Å². The molecule has 4 heteroatoms. The molecule has 2 aromatic rings. The molecule has 19 heavy (non-hydrogen) atoms. The van der Waals surface area contributed by atoms with Gasteiger partial charge in [-0.05, 0) is 17.7 Å². The van der Waals surface area contributed by atoms with E-state index >= 15 is 0 Å². The smallest absolute Gasteiger partial charge is 0.253 e. The van der Waals surface area contributed by atoms with E-state index in [2.05, 4.69) is 5.32 Å². The van der Waals surface area contributed by atoms with Crippen molar-refractivity contribution in [2.24, 2.45) is 0 Å². The minimum atomic E-state index is -0.440. The summed E-state index contributed by atoms with van der Waals surface area (Å²) in [4.78, 5) is 12.1. The lowest BCUT2D eigenvalue weighted by Crippen LogP contribution is -2.30. The highest BCUT2D eigenvalue weighted by molar-refractivity contribution is 6.33. The van der Waals surface area contributed by atoms with E-state index in [1.54, 1.807) is 24.3 Å². The van der Waals surface area contributed by atoms with Crippen molar-refractivity contribution in [3.05, 3.63) is 70.7 Å². The van der Waals surface area contributed by atoms with Gasteiger partial charge >= 0.3 is 0 Å². The summed E-state index contributed by atoms with van der Waals surface area (Å²) >= 11 is 5.97. The van der Waals surface area contributed by atoms with Crippen molar-refractivity contribution in [2.75, 3.05) is 6.61 Å². The average Bonchev–Trinajstić information content (AvgIpc) is 2.46. The molecular formula is C15H14ClNO2. The zero-order chi connectivity index (χ0) is 13.7. The fraction of sp³-hybridized carbons (Fsp3) is 0.133. The van der Waals surface area contributed by atoms with Gasteiger partial charge in [0.05, 0.1) is 23.2 Å². The van der Waals surface area contributed by atoms with Crippen LogP contribution >= 0.6 is 11.6 Å². The lowest BCUT2D eigenvalue weighted by molar-refractivity contribution is 0.0916. The summed E-state index contributed by atoms with van der Waals surface area (Å²) < 4.78 is 0. The van der Waals surface area contributed by atoms with Crippen LogP contribution < -0.4 is 5.32 Å². The van der Waals surface area contributed by atoms with Crippen molar-refractivity contribution in [3.63, 3.8) is 0 Å². The van der Waals surface area contributed by atoms with E-state index in [1.807, 2.05) is 30.3 Å². The molecule has 3 nitrogen and oxygen atoms in total. The van der Waals surface area contributed by atoms with Crippen LogP contribution in [0.2, 0.25) is 5.02 Å². The molecule has 0 saturated heterocycles. The predicted octanol–water partition coefficient (Wildman–Crippen LogP) is 2.80. The van der Waals surface area contributed by atoms with Gasteiger partial charge in [0, 0.05) is 0 Å². The summed E-state index contributed by atoms with van der Waals surface area (Å²) in [6.07, 6.45) is 0. The Morgan fingerprint density at radius 2 is 1.74 bits per heavy atom. The molecule has 0 bridgehead atoms. The lowest BCUT2D eigenvalue weighted by Gasteiger charge is -2.17. The molecule has 0 aliphatic rings. The molecule has 0 aromatic heterocycles. The Balaban J connectivity index is 2.16. The number of hydrogen-bond acceptors (Lipinski definition) is 2. The van der Waals surface area contributed by atoms with E-state index in [-0.39, 0.29) is 12.5 Å². The van der Waals surface area contributed by atoms with Crippen LogP contribution in [-0.4, -0.2) is 17.6 Å². The van der Waals surface area contributed by atoms with Gasteiger partial charge in [-0.2, -0.15) is 0 Å².